The van der Waals surface area contributed by atoms with Gasteiger partial charge in [-0.1, -0.05) is 59.5 Å². The van der Waals surface area contributed by atoms with Crippen molar-refractivity contribution in [1.29, 1.82) is 0 Å². The van der Waals surface area contributed by atoms with Crippen molar-refractivity contribution in [3.8, 4) is 0 Å². The van der Waals surface area contributed by atoms with Gasteiger partial charge in [-0.05, 0) is 24.8 Å². The summed E-state index contributed by atoms with van der Waals surface area (Å²) in [5.74, 6) is 0.606. The molecule has 0 unspecified atom stereocenters. The molecule has 0 saturated carbocycles. The Kier molecular flexibility index (Phi) is 5.51. The van der Waals surface area contributed by atoms with E-state index < -0.39 is 0 Å². The van der Waals surface area contributed by atoms with Crippen LogP contribution in [0.1, 0.15) is 21.9 Å². The number of thioether (sulfide) groups is 1. The predicted octanol–water partition coefficient (Wildman–Crippen LogP) is 3.89. The van der Waals surface area contributed by atoms with E-state index in [-0.39, 0.29) is 5.56 Å². The molecule has 27 heavy (non-hydrogen) atoms. The van der Waals surface area contributed by atoms with Gasteiger partial charge in [-0.25, -0.2) is 4.98 Å². The highest BCUT2D eigenvalue weighted by Gasteiger charge is 2.21. The second-order valence-electron chi connectivity index (χ2n) is 5.89. The molecule has 138 valence electrons. The molecule has 1 aliphatic rings. The van der Waals surface area contributed by atoms with Crippen LogP contribution < -0.4 is 11.3 Å². The summed E-state index contributed by atoms with van der Waals surface area (Å²) in [5, 5.41) is 10.4. The van der Waals surface area contributed by atoms with Gasteiger partial charge < -0.3 is 10.7 Å². The lowest BCUT2D eigenvalue weighted by Gasteiger charge is -1.99. The molecule has 0 atom stereocenters. The van der Waals surface area contributed by atoms with E-state index in [1.807, 2.05) is 36.4 Å². The zero-order valence-corrected chi connectivity index (χ0v) is 16.8. The lowest BCUT2D eigenvalue weighted by atomic mass is 10.2. The van der Waals surface area contributed by atoms with E-state index in [0.29, 0.717) is 16.0 Å². The number of nitrogen functional groups attached to an aromatic ring is 1. The molecule has 0 radical (unpaired) electrons. The number of hydrogen-bond acceptors (Lipinski definition) is 8. The molecule has 0 bridgehead atoms. The number of hydrogen-bond donors (Lipinski definition) is 2. The third-order valence-electron chi connectivity index (χ3n) is 4.03. The molecule has 0 saturated heterocycles. The molecule has 1 aliphatic carbocycles. The van der Waals surface area contributed by atoms with Crippen LogP contribution in [0.5, 0.6) is 0 Å². The van der Waals surface area contributed by atoms with E-state index in [1.54, 1.807) is 11.3 Å². The lowest BCUT2D eigenvalue weighted by molar-refractivity contribution is 0.913. The average molecular weight is 416 g/mol. The van der Waals surface area contributed by atoms with Crippen LogP contribution in [0.2, 0.25) is 0 Å². The molecule has 9 heteroatoms. The van der Waals surface area contributed by atoms with Crippen molar-refractivity contribution in [3.63, 3.8) is 0 Å². The summed E-state index contributed by atoms with van der Waals surface area (Å²) in [6.07, 6.45) is 3.21. The topological polar surface area (TPSA) is 97.5 Å². The number of benzene rings is 1. The molecule has 3 N–H and O–H groups in total. The van der Waals surface area contributed by atoms with Crippen molar-refractivity contribution in [3.05, 3.63) is 62.2 Å². The largest absolute Gasteiger partial charge is 0.374 e. The number of fused-ring (bicyclic) bond motifs is 3. The molecule has 6 nitrogen and oxygen atoms in total. The van der Waals surface area contributed by atoms with E-state index >= 15 is 0 Å². The fourth-order valence-electron chi connectivity index (χ4n) is 2.89. The van der Waals surface area contributed by atoms with Crippen LogP contribution in [0.25, 0.3) is 10.2 Å². The number of aromatic nitrogens is 4. The number of nitrogens with one attached hydrogen (secondary N) is 1. The number of rotatable bonds is 3. The van der Waals surface area contributed by atoms with Gasteiger partial charge in [0.15, 0.2) is 5.16 Å². The summed E-state index contributed by atoms with van der Waals surface area (Å²) in [7, 11) is 0. The Balaban J connectivity index is 0.000000257. The Labute approximate surface area is 167 Å². The van der Waals surface area contributed by atoms with Crippen LogP contribution in [-0.2, 0) is 18.6 Å². The average Bonchev–Trinajstić information content (AvgIpc) is 3.37. The van der Waals surface area contributed by atoms with Crippen LogP contribution in [0.4, 0.5) is 5.13 Å². The number of H-pyrrole nitrogens is 1. The van der Waals surface area contributed by atoms with Crippen LogP contribution in [0, 0.1) is 0 Å². The minimum Gasteiger partial charge on any atom is -0.374 e. The monoisotopic (exact) mass is 415 g/mol. The summed E-state index contributed by atoms with van der Waals surface area (Å²) >= 11 is 4.45. The Morgan fingerprint density at radius 1 is 1.07 bits per heavy atom. The van der Waals surface area contributed by atoms with Crippen LogP contribution in [0.15, 0.2) is 46.3 Å². The lowest BCUT2D eigenvalue weighted by Crippen LogP contribution is -2.09. The second-order valence-corrected chi connectivity index (χ2v) is 9.03. The standard InChI is InChI=1S/C12H11N5OS3.C6H6/c13-11-17-16-7(21-11)4-19-12-14-9(18)8-5-2-1-3-6(5)20-10(8)15-12;1-2-4-6-5-3-1/h1-4H2,(H2,13,17)(H,14,15,18);1-6H. The number of anilines is 1. The molecule has 4 aromatic rings. The molecule has 0 fully saturated rings. The highest BCUT2D eigenvalue weighted by Crippen LogP contribution is 2.35. The highest BCUT2D eigenvalue weighted by atomic mass is 32.2. The van der Waals surface area contributed by atoms with Gasteiger partial charge in [0.05, 0.1) is 11.1 Å². The first kappa shape index (κ1) is 18.1. The first-order chi connectivity index (χ1) is 13.2. The minimum atomic E-state index is -0.0290. The third-order valence-corrected chi connectivity index (χ3v) is 7.04. The number of nitrogens with zero attached hydrogens (tertiary/aromatic N) is 3. The Bertz CT molecular complexity index is 1080. The third kappa shape index (κ3) is 4.20. The summed E-state index contributed by atoms with van der Waals surface area (Å²) < 4.78 is 0. The molecule has 5 rings (SSSR count). The second kappa shape index (κ2) is 8.20. The fraction of sp³-hybridized carbons (Fsp3) is 0.222. The molecular formula is C18H17N5OS3. The zero-order chi connectivity index (χ0) is 18.6. The first-order valence-corrected chi connectivity index (χ1v) is 11.1. The quantitative estimate of drug-likeness (QED) is 0.389. The Morgan fingerprint density at radius 2 is 1.81 bits per heavy atom. The van der Waals surface area contributed by atoms with E-state index in [4.69, 9.17) is 5.73 Å². The van der Waals surface area contributed by atoms with Crippen LogP contribution in [-0.4, -0.2) is 20.2 Å². The fourth-order valence-corrected chi connectivity index (χ4v) is 5.67. The van der Waals surface area contributed by atoms with Gasteiger partial charge in [0.2, 0.25) is 5.13 Å². The first-order valence-electron chi connectivity index (χ1n) is 8.46. The van der Waals surface area contributed by atoms with Crippen molar-refractivity contribution < 1.29 is 0 Å². The molecule has 3 aromatic heterocycles. The van der Waals surface area contributed by atoms with Crippen molar-refractivity contribution >= 4 is 49.8 Å². The van der Waals surface area contributed by atoms with Gasteiger partial charge in [0.25, 0.3) is 5.56 Å². The zero-order valence-electron chi connectivity index (χ0n) is 14.3. The van der Waals surface area contributed by atoms with E-state index in [0.717, 1.165) is 34.5 Å². The van der Waals surface area contributed by atoms with Crippen molar-refractivity contribution in [2.75, 3.05) is 5.73 Å². The molecule has 0 aliphatic heterocycles. The number of aromatic amines is 1. The maximum atomic E-state index is 12.3. The highest BCUT2D eigenvalue weighted by molar-refractivity contribution is 7.98. The number of aryl methyl sites for hydroxylation is 2. The maximum Gasteiger partial charge on any atom is 0.260 e. The van der Waals surface area contributed by atoms with Gasteiger partial charge in [-0.2, -0.15) is 0 Å². The predicted molar refractivity (Wildman–Crippen MR) is 113 cm³/mol. The van der Waals surface area contributed by atoms with E-state index in [1.165, 1.54) is 33.5 Å². The molecule has 3 heterocycles. The molecular weight excluding hydrogens is 398 g/mol. The van der Waals surface area contributed by atoms with E-state index in [2.05, 4.69) is 20.2 Å². The van der Waals surface area contributed by atoms with Crippen LogP contribution in [0.3, 0.4) is 0 Å². The van der Waals surface area contributed by atoms with Gasteiger partial charge in [-0.3, -0.25) is 4.79 Å². The van der Waals surface area contributed by atoms with Crippen molar-refractivity contribution in [1.82, 2.24) is 20.2 Å². The SMILES string of the molecule is Nc1nnc(CSc2nc3sc4c(c3c(=O)[nH]2)CCC4)s1.c1ccccc1. The van der Waals surface area contributed by atoms with Gasteiger partial charge in [0.1, 0.15) is 9.84 Å². The Morgan fingerprint density at radius 3 is 2.48 bits per heavy atom. The number of thiophene rings is 1. The normalized spacial score (nSPS) is 12.6. The summed E-state index contributed by atoms with van der Waals surface area (Å²) in [6, 6.07) is 12.0. The molecule has 0 amide bonds. The molecule has 0 spiro atoms. The Hall–Kier alpha value is -2.23. The van der Waals surface area contributed by atoms with E-state index in [9.17, 15) is 4.79 Å². The maximum absolute atomic E-state index is 12.3. The number of nitrogens with two attached hydrogens (primary N) is 1. The van der Waals surface area contributed by atoms with Crippen molar-refractivity contribution in [2.45, 2.75) is 30.2 Å². The van der Waals surface area contributed by atoms with Gasteiger partial charge >= 0.3 is 0 Å². The molecule has 1 aromatic carbocycles. The summed E-state index contributed by atoms with van der Waals surface area (Å²) in [5.41, 5.74) is 6.73. The van der Waals surface area contributed by atoms with Crippen LogP contribution >= 0.6 is 34.4 Å². The summed E-state index contributed by atoms with van der Waals surface area (Å²) in [4.78, 5) is 21.9. The summed E-state index contributed by atoms with van der Waals surface area (Å²) in [6.45, 7) is 0. The van der Waals surface area contributed by atoms with Gasteiger partial charge in [-0.15, -0.1) is 21.5 Å². The smallest absolute Gasteiger partial charge is 0.260 e. The minimum absolute atomic E-state index is 0.0290. The van der Waals surface area contributed by atoms with Crippen molar-refractivity contribution in [2.24, 2.45) is 0 Å². The van der Waals surface area contributed by atoms with Gasteiger partial charge in [0, 0.05) is 4.88 Å².